The fourth-order valence-electron chi connectivity index (χ4n) is 2.92. The SMILES string of the molecule is CC(C)C1(C)CC12CC2C. The van der Waals surface area contributed by atoms with E-state index in [1.165, 1.54) is 12.8 Å². The quantitative estimate of drug-likeness (QED) is 0.522. The summed E-state index contributed by atoms with van der Waals surface area (Å²) >= 11 is 0. The van der Waals surface area contributed by atoms with Gasteiger partial charge in [0, 0.05) is 0 Å². The third kappa shape index (κ3) is 0.500. The van der Waals surface area contributed by atoms with Gasteiger partial charge in [0.05, 0.1) is 0 Å². The molecule has 0 aromatic heterocycles. The molecule has 0 radical (unpaired) electrons. The van der Waals surface area contributed by atoms with Gasteiger partial charge >= 0.3 is 0 Å². The van der Waals surface area contributed by atoms with Crippen molar-refractivity contribution < 1.29 is 0 Å². The van der Waals surface area contributed by atoms with Crippen LogP contribution in [0.25, 0.3) is 0 Å². The van der Waals surface area contributed by atoms with Gasteiger partial charge < -0.3 is 0 Å². The first-order chi connectivity index (χ1) is 4.53. The van der Waals surface area contributed by atoms with Gasteiger partial charge in [0.25, 0.3) is 0 Å². The van der Waals surface area contributed by atoms with Crippen molar-refractivity contribution in [2.45, 2.75) is 40.5 Å². The minimum absolute atomic E-state index is 0.729. The van der Waals surface area contributed by atoms with E-state index in [0.717, 1.165) is 22.7 Å². The third-order valence-electron chi connectivity index (χ3n) is 4.42. The molecule has 0 aromatic rings. The van der Waals surface area contributed by atoms with Gasteiger partial charge in [0.15, 0.2) is 0 Å². The Morgan fingerprint density at radius 2 is 1.90 bits per heavy atom. The summed E-state index contributed by atoms with van der Waals surface area (Å²) in [5, 5.41) is 0. The molecule has 3 unspecified atom stereocenters. The minimum atomic E-state index is 0.729. The lowest BCUT2D eigenvalue weighted by atomic mass is 9.90. The average Bonchev–Trinajstić information content (AvgIpc) is 2.56. The molecule has 0 bridgehead atoms. The van der Waals surface area contributed by atoms with Gasteiger partial charge in [-0.15, -0.1) is 0 Å². The molecule has 0 heteroatoms. The topological polar surface area (TPSA) is 0 Å². The molecule has 2 saturated carbocycles. The largest absolute Gasteiger partial charge is 0.0622 e. The van der Waals surface area contributed by atoms with Crippen LogP contribution in [0, 0.1) is 22.7 Å². The maximum absolute atomic E-state index is 2.47. The van der Waals surface area contributed by atoms with E-state index in [0.29, 0.717) is 0 Å². The fourth-order valence-corrected chi connectivity index (χ4v) is 2.92. The second kappa shape index (κ2) is 1.44. The van der Waals surface area contributed by atoms with Crippen LogP contribution in [0.4, 0.5) is 0 Å². The summed E-state index contributed by atoms with van der Waals surface area (Å²) in [6, 6.07) is 0. The Hall–Kier alpha value is 0. The van der Waals surface area contributed by atoms with Gasteiger partial charge in [-0.25, -0.2) is 0 Å². The van der Waals surface area contributed by atoms with Crippen LogP contribution in [0.2, 0.25) is 0 Å². The van der Waals surface area contributed by atoms with Crippen molar-refractivity contribution >= 4 is 0 Å². The van der Waals surface area contributed by atoms with E-state index in [9.17, 15) is 0 Å². The Bertz CT molecular complexity index is 171. The number of rotatable bonds is 1. The van der Waals surface area contributed by atoms with Crippen LogP contribution in [0.3, 0.4) is 0 Å². The van der Waals surface area contributed by atoms with Crippen molar-refractivity contribution in [3.05, 3.63) is 0 Å². The van der Waals surface area contributed by atoms with E-state index in [-0.39, 0.29) is 0 Å². The molecule has 0 nitrogen and oxygen atoms in total. The van der Waals surface area contributed by atoms with E-state index >= 15 is 0 Å². The molecular weight excluding hydrogens is 120 g/mol. The maximum atomic E-state index is 2.47. The summed E-state index contributed by atoms with van der Waals surface area (Å²) in [6.07, 6.45) is 3.03. The van der Waals surface area contributed by atoms with Gasteiger partial charge in [-0.05, 0) is 35.5 Å². The molecule has 2 fully saturated rings. The Morgan fingerprint density at radius 1 is 1.40 bits per heavy atom. The first-order valence-corrected chi connectivity index (χ1v) is 4.53. The summed E-state index contributed by atoms with van der Waals surface area (Å²) in [7, 11) is 0. The van der Waals surface area contributed by atoms with E-state index in [1.807, 2.05) is 0 Å². The fraction of sp³-hybridized carbons (Fsp3) is 1.00. The highest BCUT2D eigenvalue weighted by Crippen LogP contribution is 2.83. The van der Waals surface area contributed by atoms with Crippen LogP contribution in [-0.4, -0.2) is 0 Å². The molecular formula is C10H18. The van der Waals surface area contributed by atoms with Crippen LogP contribution >= 0.6 is 0 Å². The molecule has 0 aliphatic heterocycles. The Balaban J connectivity index is 2.12. The number of hydrogen-bond acceptors (Lipinski definition) is 0. The predicted octanol–water partition coefficient (Wildman–Crippen LogP) is 3.08. The molecule has 58 valence electrons. The molecule has 0 amide bonds. The molecule has 3 atom stereocenters. The van der Waals surface area contributed by atoms with Crippen LogP contribution in [0.1, 0.15) is 40.5 Å². The van der Waals surface area contributed by atoms with E-state index in [4.69, 9.17) is 0 Å². The summed E-state index contributed by atoms with van der Waals surface area (Å²) in [4.78, 5) is 0. The van der Waals surface area contributed by atoms with Crippen LogP contribution < -0.4 is 0 Å². The zero-order valence-electron chi connectivity index (χ0n) is 7.57. The Morgan fingerprint density at radius 3 is 2.00 bits per heavy atom. The van der Waals surface area contributed by atoms with Crippen molar-refractivity contribution in [1.82, 2.24) is 0 Å². The molecule has 0 aromatic carbocycles. The summed E-state index contributed by atoms with van der Waals surface area (Å²) in [5.41, 5.74) is 1.56. The molecule has 2 rings (SSSR count). The van der Waals surface area contributed by atoms with Gasteiger partial charge in [-0.1, -0.05) is 27.7 Å². The Labute approximate surface area is 64.0 Å². The number of hydrogen-bond donors (Lipinski definition) is 0. The van der Waals surface area contributed by atoms with Crippen molar-refractivity contribution in [1.29, 1.82) is 0 Å². The van der Waals surface area contributed by atoms with E-state index in [2.05, 4.69) is 27.7 Å². The molecule has 2 aliphatic carbocycles. The van der Waals surface area contributed by atoms with E-state index < -0.39 is 0 Å². The Kier molecular flexibility index (Phi) is 0.964. The average molecular weight is 138 g/mol. The van der Waals surface area contributed by atoms with Crippen LogP contribution in [-0.2, 0) is 0 Å². The first kappa shape index (κ1) is 6.69. The van der Waals surface area contributed by atoms with Gasteiger partial charge in [0.2, 0.25) is 0 Å². The smallest absolute Gasteiger partial charge is 0.0207 e. The minimum Gasteiger partial charge on any atom is -0.0622 e. The lowest BCUT2D eigenvalue weighted by Gasteiger charge is -2.14. The van der Waals surface area contributed by atoms with Gasteiger partial charge in [-0.3, -0.25) is 0 Å². The predicted molar refractivity (Wildman–Crippen MR) is 43.8 cm³/mol. The molecule has 0 saturated heterocycles. The van der Waals surface area contributed by atoms with Crippen molar-refractivity contribution in [2.75, 3.05) is 0 Å². The van der Waals surface area contributed by atoms with Crippen LogP contribution in [0.15, 0.2) is 0 Å². The highest BCUT2D eigenvalue weighted by atomic mass is 14.8. The molecule has 10 heavy (non-hydrogen) atoms. The normalized spacial score (nSPS) is 57.9. The maximum Gasteiger partial charge on any atom is -0.0207 e. The molecule has 0 N–H and O–H groups in total. The zero-order chi connectivity index (χ0) is 7.57. The highest BCUT2D eigenvalue weighted by Gasteiger charge is 2.75. The lowest BCUT2D eigenvalue weighted by molar-refractivity contribution is 0.341. The highest BCUT2D eigenvalue weighted by molar-refractivity contribution is 5.24. The third-order valence-corrected chi connectivity index (χ3v) is 4.42. The van der Waals surface area contributed by atoms with Gasteiger partial charge in [-0.2, -0.15) is 0 Å². The standard InChI is InChI=1S/C10H18/c1-7(2)9(4)6-10(9)5-8(10)3/h7-8H,5-6H2,1-4H3. The zero-order valence-corrected chi connectivity index (χ0v) is 7.57. The lowest BCUT2D eigenvalue weighted by Crippen LogP contribution is -2.08. The molecule has 1 spiro atoms. The second-order valence-corrected chi connectivity index (χ2v) is 5.01. The monoisotopic (exact) mass is 138 g/mol. The summed E-state index contributed by atoms with van der Waals surface area (Å²) in [5.74, 6) is 1.94. The van der Waals surface area contributed by atoms with Crippen molar-refractivity contribution in [2.24, 2.45) is 22.7 Å². The van der Waals surface area contributed by atoms with Crippen LogP contribution in [0.5, 0.6) is 0 Å². The summed E-state index contributed by atoms with van der Waals surface area (Å²) < 4.78 is 0. The van der Waals surface area contributed by atoms with Crippen molar-refractivity contribution in [3.8, 4) is 0 Å². The van der Waals surface area contributed by atoms with Gasteiger partial charge in [0.1, 0.15) is 0 Å². The second-order valence-electron chi connectivity index (χ2n) is 5.01. The van der Waals surface area contributed by atoms with Crippen molar-refractivity contribution in [3.63, 3.8) is 0 Å². The van der Waals surface area contributed by atoms with E-state index in [1.54, 1.807) is 0 Å². The summed E-state index contributed by atoms with van der Waals surface area (Å²) in [6.45, 7) is 9.63. The molecule has 0 heterocycles. The molecule has 2 aliphatic rings. The first-order valence-electron chi connectivity index (χ1n) is 4.53.